The van der Waals surface area contributed by atoms with Crippen molar-refractivity contribution in [3.63, 3.8) is 0 Å². The molecule has 0 saturated heterocycles. The summed E-state index contributed by atoms with van der Waals surface area (Å²) in [5, 5.41) is 7.59. The SMILES string of the molecule is O=C(Nc1ccno1)Nc1c(F)cccc1F. The lowest BCUT2D eigenvalue weighted by Gasteiger charge is -2.06. The number of carbonyl (C=O) groups excluding carboxylic acids is 1. The zero-order valence-corrected chi connectivity index (χ0v) is 8.41. The van der Waals surface area contributed by atoms with Crippen molar-refractivity contribution in [3.05, 3.63) is 42.1 Å². The van der Waals surface area contributed by atoms with E-state index in [0.717, 1.165) is 12.1 Å². The number of nitrogens with one attached hydrogen (secondary N) is 2. The van der Waals surface area contributed by atoms with Gasteiger partial charge in [0, 0.05) is 6.07 Å². The topological polar surface area (TPSA) is 67.2 Å². The molecule has 0 aliphatic rings. The molecule has 0 spiro atoms. The molecule has 5 nitrogen and oxygen atoms in total. The van der Waals surface area contributed by atoms with Crippen LogP contribution in [0.3, 0.4) is 0 Å². The number of benzene rings is 1. The van der Waals surface area contributed by atoms with E-state index in [-0.39, 0.29) is 5.88 Å². The molecule has 7 heteroatoms. The van der Waals surface area contributed by atoms with Crippen LogP contribution >= 0.6 is 0 Å². The van der Waals surface area contributed by atoms with Gasteiger partial charge in [-0.2, -0.15) is 0 Å². The first kappa shape index (κ1) is 11.1. The number of para-hydroxylation sites is 1. The molecular weight excluding hydrogens is 232 g/mol. The maximum atomic E-state index is 13.2. The number of nitrogens with zero attached hydrogens (tertiary/aromatic N) is 1. The van der Waals surface area contributed by atoms with Gasteiger partial charge in [-0.1, -0.05) is 11.2 Å². The first-order chi connectivity index (χ1) is 8.16. The van der Waals surface area contributed by atoms with Gasteiger partial charge >= 0.3 is 6.03 Å². The second-order valence-corrected chi connectivity index (χ2v) is 3.05. The predicted octanol–water partition coefficient (Wildman–Crippen LogP) is 2.60. The van der Waals surface area contributed by atoms with E-state index in [0.29, 0.717) is 0 Å². The Hall–Kier alpha value is -2.44. The minimum absolute atomic E-state index is 0.0687. The lowest BCUT2D eigenvalue weighted by atomic mass is 10.3. The van der Waals surface area contributed by atoms with E-state index in [1.54, 1.807) is 0 Å². The normalized spacial score (nSPS) is 10.0. The number of aromatic nitrogens is 1. The van der Waals surface area contributed by atoms with Gasteiger partial charge in [0.1, 0.15) is 17.3 Å². The van der Waals surface area contributed by atoms with Gasteiger partial charge in [0.15, 0.2) is 0 Å². The summed E-state index contributed by atoms with van der Waals surface area (Å²) in [6.07, 6.45) is 1.32. The van der Waals surface area contributed by atoms with Crippen LogP contribution in [0, 0.1) is 11.6 Å². The lowest BCUT2D eigenvalue weighted by Crippen LogP contribution is -2.20. The van der Waals surface area contributed by atoms with Crippen LogP contribution in [-0.4, -0.2) is 11.2 Å². The van der Waals surface area contributed by atoms with E-state index in [9.17, 15) is 13.6 Å². The fourth-order valence-corrected chi connectivity index (χ4v) is 1.15. The molecule has 0 aliphatic heterocycles. The molecule has 0 atom stereocenters. The van der Waals surface area contributed by atoms with Gasteiger partial charge in [0.25, 0.3) is 0 Å². The van der Waals surface area contributed by atoms with Gasteiger partial charge in [0.2, 0.25) is 5.88 Å². The molecule has 17 heavy (non-hydrogen) atoms. The smallest absolute Gasteiger partial charge is 0.326 e. The highest BCUT2D eigenvalue weighted by molar-refractivity contribution is 5.98. The van der Waals surface area contributed by atoms with Crippen molar-refractivity contribution in [2.24, 2.45) is 0 Å². The zero-order valence-electron chi connectivity index (χ0n) is 8.41. The molecule has 0 saturated carbocycles. The van der Waals surface area contributed by atoms with Crippen molar-refractivity contribution in [3.8, 4) is 0 Å². The molecule has 2 amide bonds. The van der Waals surface area contributed by atoms with E-state index >= 15 is 0 Å². The second kappa shape index (κ2) is 4.60. The Morgan fingerprint density at radius 1 is 1.18 bits per heavy atom. The van der Waals surface area contributed by atoms with Crippen molar-refractivity contribution >= 4 is 17.6 Å². The van der Waals surface area contributed by atoms with Gasteiger partial charge < -0.3 is 9.84 Å². The molecule has 88 valence electrons. The first-order valence-corrected chi connectivity index (χ1v) is 4.59. The number of hydrogen-bond donors (Lipinski definition) is 2. The summed E-state index contributed by atoms with van der Waals surface area (Å²) < 4.78 is 30.9. The molecule has 2 N–H and O–H groups in total. The highest BCUT2D eigenvalue weighted by Gasteiger charge is 2.12. The average Bonchev–Trinajstić information content (AvgIpc) is 2.76. The highest BCUT2D eigenvalue weighted by atomic mass is 19.1. The van der Waals surface area contributed by atoms with E-state index in [2.05, 4.69) is 15.0 Å². The Morgan fingerprint density at radius 2 is 1.88 bits per heavy atom. The minimum Gasteiger partial charge on any atom is -0.338 e. The number of hydrogen-bond acceptors (Lipinski definition) is 3. The standard InChI is InChI=1S/C10H7F2N3O2/c11-6-2-1-3-7(12)9(6)15-10(16)14-8-4-5-13-17-8/h1-5H,(H2,14,15,16). The molecule has 2 rings (SSSR count). The lowest BCUT2D eigenvalue weighted by molar-refractivity contribution is 0.261. The Kier molecular flexibility index (Phi) is 2.99. The van der Waals surface area contributed by atoms with Gasteiger partial charge in [0.05, 0.1) is 6.20 Å². The molecule has 1 heterocycles. The van der Waals surface area contributed by atoms with Gasteiger partial charge in [-0.25, -0.2) is 13.6 Å². The van der Waals surface area contributed by atoms with E-state index in [1.165, 1.54) is 18.3 Å². The van der Waals surface area contributed by atoms with Crippen molar-refractivity contribution in [1.29, 1.82) is 0 Å². The molecule has 0 fully saturated rings. The quantitative estimate of drug-likeness (QED) is 0.846. The van der Waals surface area contributed by atoms with Crippen LogP contribution in [0.25, 0.3) is 0 Å². The molecule has 0 radical (unpaired) electrons. The third-order valence-corrected chi connectivity index (χ3v) is 1.88. The van der Waals surface area contributed by atoms with Crippen LogP contribution < -0.4 is 10.6 Å². The second-order valence-electron chi connectivity index (χ2n) is 3.05. The van der Waals surface area contributed by atoms with Gasteiger partial charge in [-0.3, -0.25) is 5.32 Å². The fourth-order valence-electron chi connectivity index (χ4n) is 1.15. The summed E-state index contributed by atoms with van der Waals surface area (Å²) in [5.74, 6) is -1.66. The predicted molar refractivity (Wildman–Crippen MR) is 55.5 cm³/mol. The summed E-state index contributed by atoms with van der Waals surface area (Å²) in [5.41, 5.74) is -0.524. The van der Waals surface area contributed by atoms with Crippen molar-refractivity contribution in [2.45, 2.75) is 0 Å². The van der Waals surface area contributed by atoms with Crippen LogP contribution in [-0.2, 0) is 0 Å². The van der Waals surface area contributed by atoms with E-state index in [4.69, 9.17) is 0 Å². The van der Waals surface area contributed by atoms with Crippen molar-refractivity contribution in [2.75, 3.05) is 10.6 Å². The minimum atomic E-state index is -0.863. The summed E-state index contributed by atoms with van der Waals surface area (Å²) in [7, 11) is 0. The number of carbonyl (C=O) groups is 1. The van der Waals surface area contributed by atoms with E-state index in [1.807, 2.05) is 5.32 Å². The van der Waals surface area contributed by atoms with Crippen LogP contribution in [0.15, 0.2) is 35.0 Å². The zero-order chi connectivity index (χ0) is 12.3. The van der Waals surface area contributed by atoms with Crippen LogP contribution in [0.5, 0.6) is 0 Å². The van der Waals surface area contributed by atoms with Crippen LogP contribution in [0.4, 0.5) is 25.1 Å². The number of rotatable bonds is 2. The first-order valence-electron chi connectivity index (χ1n) is 4.59. The third kappa shape index (κ3) is 2.57. The Balaban J connectivity index is 2.08. The fraction of sp³-hybridized carbons (Fsp3) is 0. The maximum absolute atomic E-state index is 13.2. The van der Waals surface area contributed by atoms with Crippen molar-refractivity contribution in [1.82, 2.24) is 5.16 Å². The molecule has 1 aromatic heterocycles. The number of amides is 2. The Labute approximate surface area is 94.4 Å². The summed E-state index contributed by atoms with van der Waals surface area (Å²) in [4.78, 5) is 11.3. The Morgan fingerprint density at radius 3 is 2.47 bits per heavy atom. The molecule has 0 aliphatic carbocycles. The molecule has 1 aromatic carbocycles. The molecular formula is C10H7F2N3O2. The summed E-state index contributed by atoms with van der Waals surface area (Å²) in [6.45, 7) is 0. The van der Waals surface area contributed by atoms with Gasteiger partial charge in [-0.15, -0.1) is 0 Å². The van der Waals surface area contributed by atoms with Gasteiger partial charge in [-0.05, 0) is 12.1 Å². The largest absolute Gasteiger partial charge is 0.338 e. The summed E-state index contributed by atoms with van der Waals surface area (Å²) >= 11 is 0. The Bertz CT molecular complexity index is 508. The highest BCUT2D eigenvalue weighted by Crippen LogP contribution is 2.18. The average molecular weight is 239 g/mol. The van der Waals surface area contributed by atoms with Crippen LogP contribution in [0.1, 0.15) is 0 Å². The monoisotopic (exact) mass is 239 g/mol. The number of anilines is 2. The summed E-state index contributed by atoms with van der Waals surface area (Å²) in [6, 6.07) is 3.83. The van der Waals surface area contributed by atoms with E-state index < -0.39 is 23.4 Å². The number of urea groups is 1. The number of halogens is 2. The maximum Gasteiger partial charge on any atom is 0.326 e. The third-order valence-electron chi connectivity index (χ3n) is 1.88. The molecule has 0 unspecified atom stereocenters. The van der Waals surface area contributed by atoms with Crippen molar-refractivity contribution < 1.29 is 18.1 Å². The van der Waals surface area contributed by atoms with Crippen LogP contribution in [0.2, 0.25) is 0 Å². The molecule has 2 aromatic rings. The molecule has 0 bridgehead atoms.